The van der Waals surface area contributed by atoms with Gasteiger partial charge in [-0.05, 0) is 62.1 Å². The van der Waals surface area contributed by atoms with E-state index in [0.29, 0.717) is 29.7 Å². The summed E-state index contributed by atoms with van der Waals surface area (Å²) in [5.74, 6) is 0.622. The first-order valence-electron chi connectivity index (χ1n) is 13.2. The molecule has 2 aromatic heterocycles. The highest BCUT2D eigenvalue weighted by Gasteiger charge is 2.33. The molecule has 0 amide bonds. The van der Waals surface area contributed by atoms with Crippen molar-refractivity contribution in [3.05, 3.63) is 54.4 Å². The molecule has 0 radical (unpaired) electrons. The Morgan fingerprint density at radius 2 is 1.60 bits per heavy atom. The van der Waals surface area contributed by atoms with Crippen molar-refractivity contribution in [2.45, 2.75) is 69.2 Å². The summed E-state index contributed by atoms with van der Waals surface area (Å²) in [5.41, 5.74) is -0.200. The van der Waals surface area contributed by atoms with Crippen molar-refractivity contribution in [1.29, 1.82) is 0 Å². The fraction of sp³-hybridized carbons (Fsp3) is 0.481. The molecular formula is C27H29F6N5O2. The first-order chi connectivity index (χ1) is 19.0. The Labute approximate surface area is 226 Å². The third-order valence-electron chi connectivity index (χ3n) is 7.22. The molecular weight excluding hydrogens is 540 g/mol. The van der Waals surface area contributed by atoms with Crippen molar-refractivity contribution in [2.24, 2.45) is 0 Å². The molecule has 0 spiro atoms. The molecule has 2 fully saturated rings. The maximum absolute atomic E-state index is 12.9. The molecule has 3 aromatic rings. The summed E-state index contributed by atoms with van der Waals surface area (Å²) in [7, 11) is 0. The highest BCUT2D eigenvalue weighted by Crippen LogP contribution is 2.31. The zero-order valence-corrected chi connectivity index (χ0v) is 21.4. The lowest BCUT2D eigenvalue weighted by molar-refractivity contribution is -0.274. The monoisotopic (exact) mass is 569 g/mol. The summed E-state index contributed by atoms with van der Waals surface area (Å²) in [5, 5.41) is 7.11. The number of aromatic nitrogens is 2. The van der Waals surface area contributed by atoms with Gasteiger partial charge in [0.25, 0.3) is 6.01 Å². The molecule has 0 bridgehead atoms. The summed E-state index contributed by atoms with van der Waals surface area (Å²) in [6, 6.07) is 8.50. The van der Waals surface area contributed by atoms with Crippen molar-refractivity contribution in [3.8, 4) is 17.1 Å². The molecule has 13 heteroatoms. The summed E-state index contributed by atoms with van der Waals surface area (Å²) in [4.78, 5) is 10.4. The van der Waals surface area contributed by atoms with Gasteiger partial charge in [-0.3, -0.25) is 0 Å². The number of anilines is 2. The van der Waals surface area contributed by atoms with Crippen LogP contribution in [0.2, 0.25) is 0 Å². The number of oxazole rings is 1. The number of halogens is 6. The number of piperidine rings is 1. The van der Waals surface area contributed by atoms with Crippen molar-refractivity contribution in [3.63, 3.8) is 0 Å². The average molecular weight is 570 g/mol. The summed E-state index contributed by atoms with van der Waals surface area (Å²) in [6.07, 6.45) is -1.00. The van der Waals surface area contributed by atoms with Crippen LogP contribution in [0.25, 0.3) is 11.3 Å². The van der Waals surface area contributed by atoms with Gasteiger partial charge in [0.05, 0.1) is 11.8 Å². The van der Waals surface area contributed by atoms with Crippen LogP contribution in [0.3, 0.4) is 0 Å². The Bertz CT molecular complexity index is 1250. The largest absolute Gasteiger partial charge is 0.573 e. The third kappa shape index (κ3) is 7.18. The predicted octanol–water partition coefficient (Wildman–Crippen LogP) is 6.64. The molecule has 1 unspecified atom stereocenters. The molecule has 1 saturated heterocycles. The second-order valence-corrected chi connectivity index (χ2v) is 10.1. The van der Waals surface area contributed by atoms with Crippen LogP contribution in [0.4, 0.5) is 38.2 Å². The molecule has 7 nitrogen and oxygen atoms in total. The molecule has 2 N–H and O–H groups in total. The van der Waals surface area contributed by atoms with E-state index in [1.54, 1.807) is 0 Å². The van der Waals surface area contributed by atoms with Gasteiger partial charge in [0.2, 0.25) is 0 Å². The number of nitrogens with one attached hydrogen (secondary N) is 2. The number of pyridine rings is 1. The van der Waals surface area contributed by atoms with Gasteiger partial charge in [0, 0.05) is 43.0 Å². The predicted molar refractivity (Wildman–Crippen MR) is 136 cm³/mol. The topological polar surface area (TPSA) is 75.5 Å². The summed E-state index contributed by atoms with van der Waals surface area (Å²) in [6.45, 7) is 1.37. The van der Waals surface area contributed by atoms with E-state index >= 15 is 0 Å². The number of ether oxygens (including phenoxy) is 1. The van der Waals surface area contributed by atoms with Crippen LogP contribution >= 0.6 is 0 Å². The van der Waals surface area contributed by atoms with Gasteiger partial charge in [-0.15, -0.1) is 13.2 Å². The lowest BCUT2D eigenvalue weighted by Crippen LogP contribution is -2.55. The molecule has 216 valence electrons. The second kappa shape index (κ2) is 11.6. The maximum Gasteiger partial charge on any atom is 0.573 e. The van der Waals surface area contributed by atoms with Crippen LogP contribution < -0.4 is 20.3 Å². The van der Waals surface area contributed by atoms with Gasteiger partial charge in [-0.1, -0.05) is 12.8 Å². The molecule has 3 heterocycles. The minimum absolute atomic E-state index is 0.0439. The fourth-order valence-corrected chi connectivity index (χ4v) is 5.32. The van der Waals surface area contributed by atoms with Gasteiger partial charge in [-0.25, -0.2) is 9.97 Å². The highest BCUT2D eigenvalue weighted by atomic mass is 19.4. The molecule has 2 aliphatic rings. The molecule has 1 saturated carbocycles. The Kier molecular flexibility index (Phi) is 8.11. The van der Waals surface area contributed by atoms with E-state index in [1.807, 2.05) is 4.90 Å². The van der Waals surface area contributed by atoms with E-state index in [1.165, 1.54) is 36.5 Å². The maximum atomic E-state index is 12.9. The van der Waals surface area contributed by atoms with Gasteiger partial charge in [0.1, 0.15) is 11.6 Å². The second-order valence-electron chi connectivity index (χ2n) is 10.1. The van der Waals surface area contributed by atoms with E-state index < -0.39 is 18.1 Å². The normalized spacial score (nSPS) is 22.2. The number of rotatable bonds is 7. The average Bonchev–Trinajstić information content (AvgIpc) is 3.38. The molecule has 1 aromatic carbocycles. The van der Waals surface area contributed by atoms with E-state index in [-0.39, 0.29) is 23.9 Å². The zero-order chi connectivity index (χ0) is 28.3. The van der Waals surface area contributed by atoms with Crippen LogP contribution in [-0.2, 0) is 6.18 Å². The van der Waals surface area contributed by atoms with E-state index in [9.17, 15) is 26.3 Å². The minimum Gasteiger partial charge on any atom is -0.424 e. The standard InChI is InChI=1S/C27H29F6N5O2/c28-26(29,30)18-9-12-24(34-14-18)38-13-3-4-19(16-38)36-21-5-1-2-6-22(21)37-25-35-15-23(39-25)17-7-10-20(11-8-17)40-27(31,32)33/h7-12,14-15,19,21-22,36H,1-6,13,16H2,(H,35,37)/t19?,21-,22-/m1/s1. The lowest BCUT2D eigenvalue weighted by Gasteiger charge is -2.39. The van der Waals surface area contributed by atoms with Gasteiger partial charge < -0.3 is 24.7 Å². The lowest BCUT2D eigenvalue weighted by atomic mass is 9.89. The van der Waals surface area contributed by atoms with E-state index in [4.69, 9.17) is 4.42 Å². The fourth-order valence-electron chi connectivity index (χ4n) is 5.32. The molecule has 1 aliphatic carbocycles. The number of benzene rings is 1. The summed E-state index contributed by atoms with van der Waals surface area (Å²) >= 11 is 0. The van der Waals surface area contributed by atoms with Gasteiger partial charge >= 0.3 is 12.5 Å². The number of nitrogens with zero attached hydrogens (tertiary/aromatic N) is 3. The minimum atomic E-state index is -4.76. The molecule has 5 rings (SSSR count). The number of hydrogen-bond donors (Lipinski definition) is 2. The first kappa shape index (κ1) is 28.1. The van der Waals surface area contributed by atoms with Crippen LogP contribution in [0, 0.1) is 0 Å². The number of hydrogen-bond acceptors (Lipinski definition) is 7. The van der Waals surface area contributed by atoms with E-state index in [2.05, 4.69) is 25.3 Å². The van der Waals surface area contributed by atoms with Crippen molar-refractivity contribution in [2.75, 3.05) is 23.3 Å². The Balaban J connectivity index is 1.19. The van der Waals surface area contributed by atoms with E-state index in [0.717, 1.165) is 57.3 Å². The van der Waals surface area contributed by atoms with Crippen molar-refractivity contribution >= 4 is 11.8 Å². The Hall–Kier alpha value is -3.48. The first-order valence-corrected chi connectivity index (χ1v) is 13.2. The highest BCUT2D eigenvalue weighted by molar-refractivity contribution is 5.58. The quantitative estimate of drug-likeness (QED) is 0.309. The van der Waals surface area contributed by atoms with Crippen molar-refractivity contribution < 1.29 is 35.5 Å². The Morgan fingerprint density at radius 3 is 2.27 bits per heavy atom. The van der Waals surface area contributed by atoms with Crippen LogP contribution in [0.1, 0.15) is 44.1 Å². The van der Waals surface area contributed by atoms with Crippen LogP contribution in [-0.4, -0.2) is 47.5 Å². The van der Waals surface area contributed by atoms with Crippen LogP contribution in [0.5, 0.6) is 5.75 Å². The van der Waals surface area contributed by atoms with Gasteiger partial charge in [0.15, 0.2) is 5.76 Å². The van der Waals surface area contributed by atoms with Gasteiger partial charge in [-0.2, -0.15) is 13.2 Å². The SMILES string of the molecule is FC(F)(F)Oc1ccc(-c2cnc(N[C@@H]3CCCC[C@H]3NC3CCCN(c4ccc(C(F)(F)F)cn4)C3)o2)cc1. The number of alkyl halides is 6. The molecule has 40 heavy (non-hydrogen) atoms. The summed E-state index contributed by atoms with van der Waals surface area (Å²) < 4.78 is 85.7. The molecule has 1 aliphatic heterocycles. The smallest absolute Gasteiger partial charge is 0.424 e. The molecule has 3 atom stereocenters. The van der Waals surface area contributed by atoms with Crippen LogP contribution in [0.15, 0.2) is 53.2 Å². The zero-order valence-electron chi connectivity index (χ0n) is 21.4. The van der Waals surface area contributed by atoms with Crippen molar-refractivity contribution in [1.82, 2.24) is 15.3 Å². The third-order valence-corrected chi connectivity index (χ3v) is 7.22. The Morgan fingerprint density at radius 1 is 0.850 bits per heavy atom.